The summed E-state index contributed by atoms with van der Waals surface area (Å²) in [6.45, 7) is 4.83. The average Bonchev–Trinajstić information content (AvgIpc) is 2.50. The van der Waals surface area contributed by atoms with Gasteiger partial charge in [-0.25, -0.2) is 0 Å². The number of hydrogen-bond donors (Lipinski definition) is 1. The normalized spacial score (nSPS) is 16.1. The van der Waals surface area contributed by atoms with Crippen molar-refractivity contribution in [3.8, 4) is 5.75 Å². The molecule has 21 heavy (non-hydrogen) atoms. The van der Waals surface area contributed by atoms with E-state index in [9.17, 15) is 5.11 Å². The first kappa shape index (κ1) is 14.2. The van der Waals surface area contributed by atoms with Gasteiger partial charge in [0.1, 0.15) is 5.75 Å². The molecule has 0 spiro atoms. The third kappa shape index (κ3) is 3.65. The van der Waals surface area contributed by atoms with Crippen LogP contribution in [0.15, 0.2) is 42.7 Å². The number of aromatic hydroxyl groups is 1. The van der Waals surface area contributed by atoms with Gasteiger partial charge < -0.3 is 10.0 Å². The number of anilines is 1. The van der Waals surface area contributed by atoms with Gasteiger partial charge in [0.05, 0.1) is 18.1 Å². The molecule has 0 atom stereocenters. The summed E-state index contributed by atoms with van der Waals surface area (Å²) in [5.74, 6) is 0.219. The first-order valence-corrected chi connectivity index (χ1v) is 7.44. The van der Waals surface area contributed by atoms with Gasteiger partial charge in [-0.3, -0.25) is 9.88 Å². The molecule has 2 heterocycles. The van der Waals surface area contributed by atoms with Crippen molar-refractivity contribution >= 4 is 17.3 Å². The maximum absolute atomic E-state index is 9.50. The van der Waals surface area contributed by atoms with Crippen molar-refractivity contribution in [3.63, 3.8) is 0 Å². The Morgan fingerprint density at radius 3 is 2.43 bits per heavy atom. The molecule has 1 aromatic heterocycles. The molecule has 2 aromatic rings. The minimum absolute atomic E-state index is 0.219. The maximum Gasteiger partial charge on any atom is 0.135 e. The number of aromatic nitrogens is 1. The van der Waals surface area contributed by atoms with Gasteiger partial charge in [-0.15, -0.1) is 0 Å². The fraction of sp³-hybridized carbons (Fsp3) is 0.312. The molecule has 0 radical (unpaired) electrons. The third-order valence-electron chi connectivity index (χ3n) is 3.77. The van der Waals surface area contributed by atoms with Crippen LogP contribution in [0, 0.1) is 0 Å². The van der Waals surface area contributed by atoms with Gasteiger partial charge in [0.15, 0.2) is 0 Å². The van der Waals surface area contributed by atoms with E-state index in [2.05, 4.69) is 26.9 Å². The highest BCUT2D eigenvalue weighted by molar-refractivity contribution is 6.30. The Balaban J connectivity index is 1.56. The van der Waals surface area contributed by atoms with Gasteiger partial charge in [0.25, 0.3) is 0 Å². The third-order valence-corrected chi connectivity index (χ3v) is 4.02. The summed E-state index contributed by atoms with van der Waals surface area (Å²) in [4.78, 5) is 8.72. The van der Waals surface area contributed by atoms with Gasteiger partial charge in [-0.1, -0.05) is 23.7 Å². The largest absolute Gasteiger partial charge is 0.506 e. The van der Waals surface area contributed by atoms with Crippen molar-refractivity contribution in [1.29, 1.82) is 0 Å². The van der Waals surface area contributed by atoms with Crippen LogP contribution in [0.1, 0.15) is 5.56 Å². The van der Waals surface area contributed by atoms with Gasteiger partial charge >= 0.3 is 0 Å². The molecular formula is C16H18ClN3O. The molecule has 1 aliphatic rings. The molecule has 110 valence electrons. The fourth-order valence-electron chi connectivity index (χ4n) is 2.60. The predicted octanol–water partition coefficient (Wildman–Crippen LogP) is 2.76. The van der Waals surface area contributed by atoms with E-state index in [1.54, 1.807) is 12.3 Å². The zero-order chi connectivity index (χ0) is 14.7. The summed E-state index contributed by atoms with van der Waals surface area (Å²) < 4.78 is 0. The lowest BCUT2D eigenvalue weighted by Gasteiger charge is -2.36. The molecule has 4 nitrogen and oxygen atoms in total. The Hall–Kier alpha value is -1.78. The van der Waals surface area contributed by atoms with Crippen LogP contribution in [0.3, 0.4) is 0 Å². The van der Waals surface area contributed by atoms with Crippen LogP contribution in [-0.2, 0) is 6.54 Å². The molecule has 1 aromatic carbocycles. The van der Waals surface area contributed by atoms with Crippen LogP contribution < -0.4 is 4.90 Å². The van der Waals surface area contributed by atoms with Crippen molar-refractivity contribution in [3.05, 3.63) is 53.3 Å². The van der Waals surface area contributed by atoms with E-state index in [0.29, 0.717) is 0 Å². The smallest absolute Gasteiger partial charge is 0.135 e. The quantitative estimate of drug-likeness (QED) is 0.946. The summed E-state index contributed by atoms with van der Waals surface area (Å²) >= 11 is 5.91. The molecule has 5 heteroatoms. The van der Waals surface area contributed by atoms with Crippen LogP contribution >= 0.6 is 11.6 Å². The minimum atomic E-state index is 0.219. The van der Waals surface area contributed by atoms with Crippen LogP contribution in [0.4, 0.5) is 5.69 Å². The molecule has 3 rings (SSSR count). The zero-order valence-electron chi connectivity index (χ0n) is 11.7. The molecule has 0 saturated carbocycles. The van der Waals surface area contributed by atoms with E-state index in [1.807, 2.05) is 12.1 Å². The van der Waals surface area contributed by atoms with Gasteiger partial charge in [0, 0.05) is 43.8 Å². The first-order valence-electron chi connectivity index (χ1n) is 7.06. The zero-order valence-corrected chi connectivity index (χ0v) is 12.5. The van der Waals surface area contributed by atoms with Crippen molar-refractivity contribution in [2.75, 3.05) is 31.1 Å². The second kappa shape index (κ2) is 6.33. The van der Waals surface area contributed by atoms with Gasteiger partial charge in [-0.2, -0.15) is 0 Å². The molecular weight excluding hydrogens is 286 g/mol. The topological polar surface area (TPSA) is 39.6 Å². The molecule has 1 saturated heterocycles. The SMILES string of the molecule is Oc1cncc(N2CCN(Cc3ccc(Cl)cc3)CC2)c1. The fourth-order valence-corrected chi connectivity index (χ4v) is 2.73. The van der Waals surface area contributed by atoms with Crippen molar-refractivity contribution in [1.82, 2.24) is 9.88 Å². The number of pyridine rings is 1. The van der Waals surface area contributed by atoms with Crippen molar-refractivity contribution < 1.29 is 5.11 Å². The number of benzene rings is 1. The minimum Gasteiger partial charge on any atom is -0.506 e. The summed E-state index contributed by atoms with van der Waals surface area (Å²) in [5.41, 5.74) is 2.27. The highest BCUT2D eigenvalue weighted by Gasteiger charge is 2.17. The molecule has 0 bridgehead atoms. The summed E-state index contributed by atoms with van der Waals surface area (Å²) in [6, 6.07) is 9.79. The van der Waals surface area contributed by atoms with Crippen LogP contribution in [0.5, 0.6) is 5.75 Å². The summed E-state index contributed by atoms with van der Waals surface area (Å²) in [6.07, 6.45) is 3.26. The second-order valence-electron chi connectivity index (χ2n) is 5.29. The standard InChI is InChI=1S/C16H18ClN3O/c17-14-3-1-13(2-4-14)12-19-5-7-20(8-6-19)15-9-16(21)11-18-10-15/h1-4,9-11,21H,5-8,12H2. The Kier molecular flexibility index (Phi) is 4.27. The molecule has 1 N–H and O–H groups in total. The monoisotopic (exact) mass is 303 g/mol. The lowest BCUT2D eigenvalue weighted by atomic mass is 10.2. The van der Waals surface area contributed by atoms with E-state index in [1.165, 1.54) is 11.8 Å². The summed E-state index contributed by atoms with van der Waals surface area (Å²) in [5, 5.41) is 10.3. The Bertz CT molecular complexity index is 595. The Labute approximate surface area is 129 Å². The second-order valence-corrected chi connectivity index (χ2v) is 5.73. The van der Waals surface area contributed by atoms with E-state index >= 15 is 0 Å². The maximum atomic E-state index is 9.50. The van der Waals surface area contributed by atoms with E-state index in [0.717, 1.165) is 43.4 Å². The Morgan fingerprint density at radius 2 is 1.76 bits per heavy atom. The molecule has 1 fully saturated rings. The van der Waals surface area contributed by atoms with E-state index in [-0.39, 0.29) is 5.75 Å². The number of hydrogen-bond acceptors (Lipinski definition) is 4. The van der Waals surface area contributed by atoms with Crippen LogP contribution in [0.2, 0.25) is 5.02 Å². The predicted molar refractivity (Wildman–Crippen MR) is 84.8 cm³/mol. The lowest BCUT2D eigenvalue weighted by molar-refractivity contribution is 0.250. The van der Waals surface area contributed by atoms with E-state index in [4.69, 9.17) is 11.6 Å². The molecule has 0 amide bonds. The van der Waals surface area contributed by atoms with Crippen LogP contribution in [0.25, 0.3) is 0 Å². The van der Waals surface area contributed by atoms with E-state index < -0.39 is 0 Å². The number of nitrogens with zero attached hydrogens (tertiary/aromatic N) is 3. The first-order chi connectivity index (χ1) is 10.2. The Morgan fingerprint density at radius 1 is 1.05 bits per heavy atom. The van der Waals surface area contributed by atoms with Gasteiger partial charge in [0.2, 0.25) is 0 Å². The van der Waals surface area contributed by atoms with Crippen molar-refractivity contribution in [2.24, 2.45) is 0 Å². The highest BCUT2D eigenvalue weighted by Crippen LogP contribution is 2.20. The van der Waals surface area contributed by atoms with Crippen LogP contribution in [-0.4, -0.2) is 41.2 Å². The molecule has 1 aliphatic heterocycles. The number of piperazine rings is 1. The highest BCUT2D eigenvalue weighted by atomic mass is 35.5. The molecule has 0 unspecified atom stereocenters. The number of halogens is 1. The lowest BCUT2D eigenvalue weighted by Crippen LogP contribution is -2.46. The number of rotatable bonds is 3. The average molecular weight is 304 g/mol. The van der Waals surface area contributed by atoms with Crippen molar-refractivity contribution in [2.45, 2.75) is 6.54 Å². The molecule has 0 aliphatic carbocycles. The summed E-state index contributed by atoms with van der Waals surface area (Å²) in [7, 11) is 0. The van der Waals surface area contributed by atoms with Gasteiger partial charge in [-0.05, 0) is 17.7 Å².